The average Bonchev–Trinajstić information content (AvgIpc) is 2.92. The van der Waals surface area contributed by atoms with Crippen molar-refractivity contribution in [2.24, 2.45) is 10.7 Å². The zero-order valence-electron chi connectivity index (χ0n) is 16.0. The summed E-state index contributed by atoms with van der Waals surface area (Å²) in [5, 5.41) is 1.91. The van der Waals surface area contributed by atoms with Gasteiger partial charge in [-0.25, -0.2) is 14.6 Å². The highest BCUT2D eigenvalue weighted by Crippen LogP contribution is 2.14. The fourth-order valence-corrected chi connectivity index (χ4v) is 2.14. The minimum Gasteiger partial charge on any atom is -0.443 e. The Morgan fingerprint density at radius 2 is 1.69 bits per heavy atom. The molecule has 1 aromatic heterocycles. The summed E-state index contributed by atoms with van der Waals surface area (Å²) in [5.74, 6) is 5.38. The Bertz CT molecular complexity index is 688. The first-order valence-corrected chi connectivity index (χ1v) is 8.85. The van der Waals surface area contributed by atoms with E-state index in [0.717, 1.165) is 4.88 Å². The maximum Gasteiger partial charge on any atom is 0.427 e. The van der Waals surface area contributed by atoms with Crippen LogP contribution in [0.3, 0.4) is 0 Å². The third-order valence-electron chi connectivity index (χ3n) is 2.43. The molecule has 0 spiro atoms. The molecule has 0 aliphatic carbocycles. The number of thiophene rings is 1. The van der Waals surface area contributed by atoms with Gasteiger partial charge in [-0.15, -0.1) is 16.2 Å². The number of carbonyl (C=O) groups is 2. The molecule has 2 N–H and O–H groups in total. The van der Waals surface area contributed by atoms with Crippen LogP contribution in [0.5, 0.6) is 0 Å². The molecule has 0 aromatic carbocycles. The van der Waals surface area contributed by atoms with Gasteiger partial charge >= 0.3 is 12.2 Å². The lowest BCUT2D eigenvalue weighted by Crippen LogP contribution is -2.50. The standard InChI is InChI=1S/C18H25N3O4S/c1-17(2,3)24-15(22)21(16(23)25-18(4,5)6)14(19)20-11-7-9-13-10-8-12-26-13/h8,10,12H,11H2,1-6H3,(H2,19,20). The number of rotatable bonds is 1. The number of hydrogen-bond donors (Lipinski definition) is 1. The number of hydrogen-bond acceptors (Lipinski definition) is 6. The van der Waals surface area contributed by atoms with Crippen molar-refractivity contribution in [2.75, 3.05) is 6.54 Å². The SMILES string of the molecule is CC(C)(C)OC(=O)N(C(=O)OC(C)(C)C)C(N)=NCC#Cc1cccs1. The number of nitrogens with two attached hydrogens (primary N) is 1. The Morgan fingerprint density at radius 1 is 1.15 bits per heavy atom. The first-order chi connectivity index (χ1) is 11.9. The van der Waals surface area contributed by atoms with E-state index in [1.165, 1.54) is 11.3 Å². The van der Waals surface area contributed by atoms with Gasteiger partial charge in [-0.1, -0.05) is 17.9 Å². The number of carbonyl (C=O) groups excluding carboxylic acids is 2. The summed E-state index contributed by atoms with van der Waals surface area (Å²) in [6.45, 7) is 10.1. The van der Waals surface area contributed by atoms with E-state index in [2.05, 4.69) is 16.8 Å². The molecule has 8 heteroatoms. The van der Waals surface area contributed by atoms with Crippen molar-refractivity contribution in [1.82, 2.24) is 4.90 Å². The van der Waals surface area contributed by atoms with Crippen LogP contribution in [-0.4, -0.2) is 40.8 Å². The number of aliphatic imine (C=N–C) groups is 1. The predicted octanol–water partition coefficient (Wildman–Crippen LogP) is 3.59. The lowest BCUT2D eigenvalue weighted by Gasteiger charge is -2.27. The third kappa shape index (κ3) is 8.03. The molecule has 2 amide bonds. The van der Waals surface area contributed by atoms with Crippen molar-refractivity contribution in [1.29, 1.82) is 0 Å². The van der Waals surface area contributed by atoms with Crippen molar-refractivity contribution in [2.45, 2.75) is 52.7 Å². The molecule has 0 saturated heterocycles. The smallest absolute Gasteiger partial charge is 0.427 e. The molecule has 26 heavy (non-hydrogen) atoms. The zero-order chi connectivity index (χ0) is 20.0. The van der Waals surface area contributed by atoms with Gasteiger partial charge in [-0.2, -0.15) is 0 Å². The van der Waals surface area contributed by atoms with Gasteiger partial charge in [0.25, 0.3) is 0 Å². The Hall–Kier alpha value is -2.53. The van der Waals surface area contributed by atoms with Crippen LogP contribution in [0.25, 0.3) is 0 Å². The van der Waals surface area contributed by atoms with Gasteiger partial charge in [0, 0.05) is 0 Å². The monoisotopic (exact) mass is 379 g/mol. The minimum absolute atomic E-state index is 0.0197. The van der Waals surface area contributed by atoms with Gasteiger partial charge < -0.3 is 15.2 Å². The second kappa shape index (κ2) is 8.72. The van der Waals surface area contributed by atoms with Crippen LogP contribution in [-0.2, 0) is 9.47 Å². The van der Waals surface area contributed by atoms with Crippen LogP contribution in [0.2, 0.25) is 0 Å². The fourth-order valence-electron chi connectivity index (χ4n) is 1.54. The molecule has 0 saturated carbocycles. The summed E-state index contributed by atoms with van der Waals surface area (Å²) in [5.41, 5.74) is 4.21. The summed E-state index contributed by atoms with van der Waals surface area (Å²) in [4.78, 5) is 30.1. The molecule has 0 unspecified atom stereocenters. The minimum atomic E-state index is -0.959. The fraction of sp³-hybridized carbons (Fsp3) is 0.500. The zero-order valence-corrected chi connectivity index (χ0v) is 16.8. The molecule has 0 radical (unpaired) electrons. The molecule has 0 fully saturated rings. The Kier molecular flexibility index (Phi) is 7.21. The molecule has 0 aliphatic heterocycles. The van der Waals surface area contributed by atoms with Gasteiger partial charge in [0.15, 0.2) is 0 Å². The topological polar surface area (TPSA) is 94.2 Å². The van der Waals surface area contributed by atoms with E-state index < -0.39 is 23.4 Å². The first kappa shape index (κ1) is 21.5. The average molecular weight is 379 g/mol. The maximum absolute atomic E-state index is 12.4. The molecule has 7 nitrogen and oxygen atoms in total. The molecule has 142 valence electrons. The third-order valence-corrected chi connectivity index (χ3v) is 3.22. The van der Waals surface area contributed by atoms with Gasteiger partial charge in [0.2, 0.25) is 5.96 Å². The summed E-state index contributed by atoms with van der Waals surface area (Å²) in [6.07, 6.45) is -1.92. The van der Waals surface area contributed by atoms with E-state index >= 15 is 0 Å². The van der Waals surface area contributed by atoms with Crippen molar-refractivity contribution >= 4 is 29.5 Å². The molecule has 0 atom stereocenters. The van der Waals surface area contributed by atoms with Crippen LogP contribution in [0, 0.1) is 11.8 Å². The summed E-state index contributed by atoms with van der Waals surface area (Å²) >= 11 is 1.50. The van der Waals surface area contributed by atoms with Crippen molar-refractivity contribution in [3.8, 4) is 11.8 Å². The number of imide groups is 1. The van der Waals surface area contributed by atoms with Crippen LogP contribution in [0.1, 0.15) is 46.4 Å². The van der Waals surface area contributed by atoms with E-state index in [9.17, 15) is 9.59 Å². The maximum atomic E-state index is 12.4. The van der Waals surface area contributed by atoms with Crippen molar-refractivity contribution in [3.63, 3.8) is 0 Å². The summed E-state index contributed by atoms with van der Waals surface area (Å²) in [6, 6.07) is 3.76. The number of guanidine groups is 1. The highest BCUT2D eigenvalue weighted by atomic mass is 32.1. The van der Waals surface area contributed by atoms with Gasteiger partial charge in [-0.05, 0) is 53.0 Å². The van der Waals surface area contributed by atoms with Crippen molar-refractivity contribution < 1.29 is 19.1 Å². The number of nitrogens with zero attached hydrogens (tertiary/aromatic N) is 2. The van der Waals surface area contributed by atoms with E-state index in [0.29, 0.717) is 4.90 Å². The van der Waals surface area contributed by atoms with Gasteiger partial charge in [-0.3, -0.25) is 0 Å². The quantitative estimate of drug-likeness (QED) is 0.457. The van der Waals surface area contributed by atoms with Gasteiger partial charge in [0.1, 0.15) is 17.7 Å². The molecular weight excluding hydrogens is 354 g/mol. The predicted molar refractivity (Wildman–Crippen MR) is 102 cm³/mol. The highest BCUT2D eigenvalue weighted by molar-refractivity contribution is 7.10. The molecule has 1 heterocycles. The second-order valence-electron chi connectivity index (χ2n) is 7.25. The molecular formula is C18H25N3O4S. The molecule has 1 aromatic rings. The van der Waals surface area contributed by atoms with E-state index in [-0.39, 0.29) is 12.5 Å². The number of amides is 2. The summed E-state index contributed by atoms with van der Waals surface area (Å²) < 4.78 is 10.4. The van der Waals surface area contributed by atoms with Gasteiger partial charge in [0.05, 0.1) is 4.88 Å². The Morgan fingerprint density at radius 3 is 2.12 bits per heavy atom. The molecule has 0 aliphatic rings. The second-order valence-corrected chi connectivity index (χ2v) is 8.20. The normalized spacial score (nSPS) is 12.0. The first-order valence-electron chi connectivity index (χ1n) is 7.97. The van der Waals surface area contributed by atoms with E-state index in [1.54, 1.807) is 41.5 Å². The Labute approximate surface area is 158 Å². The van der Waals surface area contributed by atoms with Crippen molar-refractivity contribution in [3.05, 3.63) is 22.4 Å². The van der Waals surface area contributed by atoms with Crippen LogP contribution in [0.4, 0.5) is 9.59 Å². The van der Waals surface area contributed by atoms with Crippen LogP contribution < -0.4 is 5.73 Å². The van der Waals surface area contributed by atoms with Crippen LogP contribution in [0.15, 0.2) is 22.5 Å². The van der Waals surface area contributed by atoms with E-state index in [1.807, 2.05) is 17.5 Å². The summed E-state index contributed by atoms with van der Waals surface area (Å²) in [7, 11) is 0. The van der Waals surface area contributed by atoms with E-state index in [4.69, 9.17) is 15.2 Å². The van der Waals surface area contributed by atoms with Crippen LogP contribution >= 0.6 is 11.3 Å². The lowest BCUT2D eigenvalue weighted by molar-refractivity contribution is 0.0145. The highest BCUT2D eigenvalue weighted by Gasteiger charge is 2.33. The Balaban J connectivity index is 2.96. The lowest BCUT2D eigenvalue weighted by atomic mass is 10.2. The molecule has 1 rings (SSSR count). The molecule has 0 bridgehead atoms. The number of ether oxygens (including phenoxy) is 2. The largest absolute Gasteiger partial charge is 0.443 e.